The molecule has 1 aliphatic rings. The largest absolute Gasteiger partial charge is 0.465 e. The summed E-state index contributed by atoms with van der Waals surface area (Å²) in [5, 5.41) is 10.5. The molecule has 0 saturated carbocycles. The predicted molar refractivity (Wildman–Crippen MR) is 114 cm³/mol. The van der Waals surface area contributed by atoms with Gasteiger partial charge >= 0.3 is 6.09 Å². The molecule has 0 radical (unpaired) electrons. The fourth-order valence-electron chi connectivity index (χ4n) is 3.23. The molecule has 164 valence electrons. The fraction of sp³-hybridized carbons (Fsp3) is 0.632. The minimum Gasteiger partial charge on any atom is -0.465 e. The van der Waals surface area contributed by atoms with Crippen LogP contribution in [-0.2, 0) is 14.8 Å². The Morgan fingerprint density at radius 1 is 1.28 bits per heavy atom. The summed E-state index contributed by atoms with van der Waals surface area (Å²) in [6.07, 6.45) is -0.905. The zero-order valence-electron chi connectivity index (χ0n) is 17.2. The lowest BCUT2D eigenvalue weighted by molar-refractivity contribution is -0.0692. The van der Waals surface area contributed by atoms with Gasteiger partial charge in [0.1, 0.15) is 0 Å². The van der Waals surface area contributed by atoms with Crippen molar-refractivity contribution >= 4 is 39.3 Å². The lowest BCUT2D eigenvalue weighted by Gasteiger charge is -2.35. The van der Waals surface area contributed by atoms with Gasteiger partial charge in [0.05, 0.1) is 35.1 Å². The number of carboxylic acid groups (broad SMARTS) is 1. The van der Waals surface area contributed by atoms with Crippen LogP contribution < -0.4 is 0 Å². The minimum absolute atomic E-state index is 0.0871. The Bertz CT molecular complexity index is 857. The number of hydrogen-bond acceptors (Lipinski definition) is 4. The third kappa shape index (κ3) is 6.21. The van der Waals surface area contributed by atoms with E-state index in [1.165, 1.54) is 16.3 Å². The Balaban J connectivity index is 2.52. The molecule has 0 spiro atoms. The molecular formula is C19H28Cl2N2O5S. The van der Waals surface area contributed by atoms with Gasteiger partial charge in [-0.15, -0.1) is 0 Å². The van der Waals surface area contributed by atoms with Gasteiger partial charge in [0.2, 0.25) is 10.0 Å². The van der Waals surface area contributed by atoms with E-state index in [0.29, 0.717) is 10.0 Å². The molecular weight excluding hydrogens is 439 g/mol. The first-order valence-corrected chi connectivity index (χ1v) is 11.8. The number of sulfonamides is 1. The van der Waals surface area contributed by atoms with Gasteiger partial charge in [-0.05, 0) is 23.1 Å². The second-order valence-corrected chi connectivity index (χ2v) is 11.4. The summed E-state index contributed by atoms with van der Waals surface area (Å²) in [6.45, 7) is 6.33. The summed E-state index contributed by atoms with van der Waals surface area (Å²) in [5.74, 6) is -0.419. The fourth-order valence-corrected chi connectivity index (χ4v) is 3.96. The van der Waals surface area contributed by atoms with Crippen LogP contribution in [-0.4, -0.2) is 74.0 Å². The second kappa shape index (κ2) is 8.98. The lowest BCUT2D eigenvalue weighted by Crippen LogP contribution is -2.43. The summed E-state index contributed by atoms with van der Waals surface area (Å²) < 4.78 is 31.6. The van der Waals surface area contributed by atoms with Crippen LogP contribution in [0.3, 0.4) is 0 Å². The van der Waals surface area contributed by atoms with E-state index in [1.54, 1.807) is 18.2 Å². The van der Waals surface area contributed by atoms with Gasteiger partial charge < -0.3 is 14.7 Å². The van der Waals surface area contributed by atoms with Crippen molar-refractivity contribution in [2.45, 2.75) is 38.9 Å². The van der Waals surface area contributed by atoms with E-state index in [0.717, 1.165) is 11.8 Å². The molecule has 3 unspecified atom stereocenters. The van der Waals surface area contributed by atoms with Crippen LogP contribution in [0.1, 0.15) is 32.3 Å². The predicted octanol–water partition coefficient (Wildman–Crippen LogP) is 3.76. The van der Waals surface area contributed by atoms with Crippen LogP contribution in [0, 0.1) is 5.41 Å². The highest BCUT2D eigenvalue weighted by molar-refractivity contribution is 7.88. The molecule has 0 aliphatic carbocycles. The Hall–Kier alpha value is -1.06. The van der Waals surface area contributed by atoms with Crippen molar-refractivity contribution in [3.8, 4) is 0 Å². The number of nitrogens with zero attached hydrogens (tertiary/aromatic N) is 2. The third-order valence-electron chi connectivity index (χ3n) is 5.20. The number of amides is 1. The molecule has 1 amide bonds. The zero-order valence-corrected chi connectivity index (χ0v) is 19.6. The van der Waals surface area contributed by atoms with E-state index in [1.807, 2.05) is 20.8 Å². The molecule has 29 heavy (non-hydrogen) atoms. The number of halogens is 2. The summed E-state index contributed by atoms with van der Waals surface area (Å²) in [7, 11) is -1.96. The van der Waals surface area contributed by atoms with Crippen LogP contribution in [0.5, 0.6) is 0 Å². The second-order valence-electron chi connectivity index (χ2n) is 8.54. The van der Waals surface area contributed by atoms with E-state index < -0.39 is 34.2 Å². The van der Waals surface area contributed by atoms with Crippen LogP contribution in [0.25, 0.3) is 0 Å². The molecule has 10 heteroatoms. The first kappa shape index (κ1) is 24.2. The van der Waals surface area contributed by atoms with Crippen LogP contribution in [0.4, 0.5) is 4.79 Å². The average molecular weight is 467 g/mol. The smallest absolute Gasteiger partial charge is 0.407 e. The van der Waals surface area contributed by atoms with Crippen molar-refractivity contribution in [2.24, 2.45) is 5.41 Å². The Kier molecular flexibility index (Phi) is 7.49. The molecule has 2 rings (SSSR count). The maximum Gasteiger partial charge on any atom is 0.407 e. The molecule has 1 heterocycles. The average Bonchev–Trinajstić information content (AvgIpc) is 2.76. The zero-order chi connectivity index (χ0) is 22.1. The standard InChI is InChI=1S/C19H28Cl2N2O5S/c1-19(2,3)17-11-23(18(24)25)9-13(12-6-7-14(20)15(21)8-12)16(28-17)10-22(4)29(5,26)27/h6-8,13,16-17H,9-11H2,1-5H3,(H,24,25). The lowest BCUT2D eigenvalue weighted by atomic mass is 9.88. The molecule has 1 fully saturated rings. The quantitative estimate of drug-likeness (QED) is 0.729. The normalized spacial score (nSPS) is 23.9. The van der Waals surface area contributed by atoms with Gasteiger partial charge in [-0.2, -0.15) is 0 Å². The van der Waals surface area contributed by atoms with Crippen LogP contribution in [0.2, 0.25) is 10.0 Å². The van der Waals surface area contributed by atoms with Crippen LogP contribution in [0.15, 0.2) is 18.2 Å². The highest BCUT2D eigenvalue weighted by atomic mass is 35.5. The highest BCUT2D eigenvalue weighted by Gasteiger charge is 2.40. The van der Waals surface area contributed by atoms with Gasteiger partial charge in [-0.1, -0.05) is 50.0 Å². The van der Waals surface area contributed by atoms with E-state index >= 15 is 0 Å². The number of hydrogen-bond donors (Lipinski definition) is 1. The summed E-state index contributed by atoms with van der Waals surface area (Å²) in [4.78, 5) is 13.2. The first-order chi connectivity index (χ1) is 13.2. The van der Waals surface area contributed by atoms with Crippen molar-refractivity contribution in [2.75, 3.05) is 32.9 Å². The summed E-state index contributed by atoms with van der Waals surface area (Å²) in [5.41, 5.74) is 0.398. The molecule has 1 aromatic carbocycles. The number of carbonyl (C=O) groups is 1. The maximum absolute atomic E-state index is 12.0. The van der Waals surface area contributed by atoms with E-state index in [9.17, 15) is 18.3 Å². The molecule has 3 atom stereocenters. The van der Waals surface area contributed by atoms with Crippen LogP contribution >= 0.6 is 23.2 Å². The number of ether oxygens (including phenoxy) is 1. The molecule has 1 N–H and O–H groups in total. The SMILES string of the molecule is CN(CC1OC(C(C)(C)C)CN(C(=O)O)CC1c1ccc(Cl)c(Cl)c1)S(C)(=O)=O. The Morgan fingerprint density at radius 2 is 1.90 bits per heavy atom. The number of rotatable bonds is 4. The van der Waals surface area contributed by atoms with Crippen molar-refractivity contribution in [1.29, 1.82) is 0 Å². The Labute approximate surface area is 182 Å². The van der Waals surface area contributed by atoms with Crippen molar-refractivity contribution < 1.29 is 23.1 Å². The van der Waals surface area contributed by atoms with Crippen molar-refractivity contribution in [3.05, 3.63) is 33.8 Å². The molecule has 1 saturated heterocycles. The summed E-state index contributed by atoms with van der Waals surface area (Å²) >= 11 is 12.2. The van der Waals surface area contributed by atoms with Gasteiger partial charge in [-0.25, -0.2) is 17.5 Å². The molecule has 1 aliphatic heterocycles. The van der Waals surface area contributed by atoms with Crippen molar-refractivity contribution in [3.63, 3.8) is 0 Å². The van der Waals surface area contributed by atoms with Crippen molar-refractivity contribution in [1.82, 2.24) is 9.21 Å². The molecule has 0 bridgehead atoms. The first-order valence-electron chi connectivity index (χ1n) is 9.19. The van der Waals surface area contributed by atoms with Gasteiger partial charge in [-0.3, -0.25) is 0 Å². The number of likely N-dealkylation sites (N-methyl/N-ethyl adjacent to an activating group) is 1. The van der Waals surface area contributed by atoms with E-state index in [2.05, 4.69) is 0 Å². The molecule has 1 aromatic rings. The minimum atomic E-state index is -3.44. The monoisotopic (exact) mass is 466 g/mol. The highest BCUT2D eigenvalue weighted by Crippen LogP contribution is 2.36. The number of benzene rings is 1. The Morgan fingerprint density at radius 3 is 2.38 bits per heavy atom. The summed E-state index contributed by atoms with van der Waals surface area (Å²) in [6, 6.07) is 5.10. The molecule has 0 aromatic heterocycles. The van der Waals surface area contributed by atoms with Gasteiger partial charge in [0, 0.05) is 26.1 Å². The topological polar surface area (TPSA) is 87.2 Å². The maximum atomic E-state index is 12.0. The van der Waals surface area contributed by atoms with E-state index in [-0.39, 0.29) is 25.0 Å². The molecule has 7 nitrogen and oxygen atoms in total. The van der Waals surface area contributed by atoms with Gasteiger partial charge in [0.15, 0.2) is 0 Å². The van der Waals surface area contributed by atoms with Gasteiger partial charge in [0.25, 0.3) is 0 Å². The third-order valence-corrected chi connectivity index (χ3v) is 7.22. The van der Waals surface area contributed by atoms with E-state index in [4.69, 9.17) is 27.9 Å².